The molecule has 0 aliphatic heterocycles. The van der Waals surface area contributed by atoms with Crippen LogP contribution >= 0.6 is 11.6 Å². The van der Waals surface area contributed by atoms with E-state index >= 15 is 0 Å². The van der Waals surface area contributed by atoms with Gasteiger partial charge in [-0.15, -0.1) is 0 Å². The predicted molar refractivity (Wildman–Crippen MR) is 52.5 cm³/mol. The molecule has 0 aromatic carbocycles. The van der Waals surface area contributed by atoms with Crippen molar-refractivity contribution in [2.24, 2.45) is 5.73 Å². The average molecular weight is 218 g/mol. The standard InChI is InChI=1S/C9H12ClNO3/c1-4-7(3-6(11)9(12)13)14-5(2)8(4)10/h6H,3,11H2,1-2H3,(H,12,13). The van der Waals surface area contributed by atoms with Gasteiger partial charge in [0.1, 0.15) is 17.6 Å². The first-order valence-corrected chi connectivity index (χ1v) is 4.54. The van der Waals surface area contributed by atoms with Gasteiger partial charge in [-0.05, 0) is 13.8 Å². The number of furan rings is 1. The number of rotatable bonds is 3. The molecule has 14 heavy (non-hydrogen) atoms. The summed E-state index contributed by atoms with van der Waals surface area (Å²) in [6.07, 6.45) is 0.161. The summed E-state index contributed by atoms with van der Waals surface area (Å²) in [5.41, 5.74) is 6.14. The number of halogens is 1. The fourth-order valence-electron chi connectivity index (χ4n) is 1.17. The highest BCUT2D eigenvalue weighted by Gasteiger charge is 2.18. The van der Waals surface area contributed by atoms with Crippen molar-refractivity contribution in [3.8, 4) is 0 Å². The van der Waals surface area contributed by atoms with Gasteiger partial charge in [-0.1, -0.05) is 11.6 Å². The molecule has 0 saturated heterocycles. The zero-order valence-electron chi connectivity index (χ0n) is 8.00. The molecule has 1 aromatic heterocycles. The van der Waals surface area contributed by atoms with Gasteiger partial charge >= 0.3 is 5.97 Å². The van der Waals surface area contributed by atoms with E-state index in [1.54, 1.807) is 13.8 Å². The molecule has 3 N–H and O–H groups in total. The van der Waals surface area contributed by atoms with E-state index in [-0.39, 0.29) is 6.42 Å². The lowest BCUT2D eigenvalue weighted by Crippen LogP contribution is -2.32. The van der Waals surface area contributed by atoms with E-state index in [1.807, 2.05) is 0 Å². The van der Waals surface area contributed by atoms with Gasteiger partial charge in [0.05, 0.1) is 5.02 Å². The Kier molecular flexibility index (Phi) is 3.18. The number of carbonyl (C=O) groups is 1. The summed E-state index contributed by atoms with van der Waals surface area (Å²) in [6, 6.07) is -0.949. The predicted octanol–water partition coefficient (Wildman–Crippen LogP) is 1.50. The number of aliphatic carboxylic acids is 1. The molecule has 0 saturated carbocycles. The quantitative estimate of drug-likeness (QED) is 0.805. The zero-order chi connectivity index (χ0) is 10.9. The molecule has 0 aliphatic carbocycles. The number of carboxylic acid groups (broad SMARTS) is 1. The summed E-state index contributed by atoms with van der Waals surface area (Å²) in [5.74, 6) is 0.0914. The summed E-state index contributed by atoms with van der Waals surface area (Å²) >= 11 is 5.88. The van der Waals surface area contributed by atoms with Crippen LogP contribution in [0.1, 0.15) is 17.1 Å². The Balaban J connectivity index is 2.87. The largest absolute Gasteiger partial charge is 0.480 e. The maximum atomic E-state index is 10.5. The minimum Gasteiger partial charge on any atom is -0.480 e. The summed E-state index contributed by atoms with van der Waals surface area (Å²) in [7, 11) is 0. The molecule has 0 radical (unpaired) electrons. The molecule has 1 aromatic rings. The van der Waals surface area contributed by atoms with Crippen LogP contribution in [0.2, 0.25) is 5.02 Å². The Hall–Kier alpha value is -1.00. The monoisotopic (exact) mass is 217 g/mol. The molecule has 0 spiro atoms. The Morgan fingerprint density at radius 2 is 2.21 bits per heavy atom. The van der Waals surface area contributed by atoms with Gasteiger partial charge in [-0.2, -0.15) is 0 Å². The Morgan fingerprint density at radius 1 is 1.64 bits per heavy atom. The highest BCUT2D eigenvalue weighted by Crippen LogP contribution is 2.26. The van der Waals surface area contributed by atoms with Crippen LogP contribution in [0.3, 0.4) is 0 Å². The maximum Gasteiger partial charge on any atom is 0.320 e. The third kappa shape index (κ3) is 2.08. The van der Waals surface area contributed by atoms with Crippen molar-refractivity contribution in [2.45, 2.75) is 26.3 Å². The first-order chi connectivity index (χ1) is 6.43. The van der Waals surface area contributed by atoms with Crippen LogP contribution < -0.4 is 5.73 Å². The van der Waals surface area contributed by atoms with Gasteiger partial charge in [-0.3, -0.25) is 4.79 Å². The molecule has 1 atom stereocenters. The van der Waals surface area contributed by atoms with Crippen LogP contribution in [0.25, 0.3) is 0 Å². The number of hydrogen-bond donors (Lipinski definition) is 2. The molecule has 78 valence electrons. The van der Waals surface area contributed by atoms with E-state index in [0.717, 1.165) is 5.56 Å². The van der Waals surface area contributed by atoms with E-state index in [9.17, 15) is 4.79 Å². The Bertz CT molecular complexity index is 359. The van der Waals surface area contributed by atoms with Crippen LogP contribution in [-0.4, -0.2) is 17.1 Å². The van der Waals surface area contributed by atoms with Crippen molar-refractivity contribution >= 4 is 17.6 Å². The number of hydrogen-bond acceptors (Lipinski definition) is 3. The minimum absolute atomic E-state index is 0.161. The summed E-state index contributed by atoms with van der Waals surface area (Å²) in [6.45, 7) is 3.51. The van der Waals surface area contributed by atoms with Crippen molar-refractivity contribution in [1.82, 2.24) is 0 Å². The minimum atomic E-state index is -1.05. The lowest BCUT2D eigenvalue weighted by atomic mass is 10.1. The normalized spacial score (nSPS) is 12.9. The molecule has 0 fully saturated rings. The van der Waals surface area contributed by atoms with Crippen LogP contribution in [-0.2, 0) is 11.2 Å². The smallest absolute Gasteiger partial charge is 0.320 e. The van der Waals surface area contributed by atoms with E-state index in [0.29, 0.717) is 16.5 Å². The fraction of sp³-hybridized carbons (Fsp3) is 0.444. The molecule has 5 heteroatoms. The van der Waals surface area contributed by atoms with Crippen molar-refractivity contribution in [3.05, 3.63) is 22.1 Å². The SMILES string of the molecule is Cc1oc(CC(N)C(=O)O)c(C)c1Cl. The van der Waals surface area contributed by atoms with Crippen LogP contribution in [0.4, 0.5) is 0 Å². The number of carboxylic acids is 1. The fourth-order valence-corrected chi connectivity index (χ4v) is 1.32. The molecule has 0 amide bonds. The summed E-state index contributed by atoms with van der Waals surface area (Å²) in [5, 5.41) is 9.15. The Morgan fingerprint density at radius 3 is 2.57 bits per heavy atom. The van der Waals surface area contributed by atoms with Gasteiger partial charge in [0.15, 0.2) is 0 Å². The third-order valence-corrected chi connectivity index (χ3v) is 2.60. The second kappa shape index (κ2) is 4.02. The first-order valence-electron chi connectivity index (χ1n) is 4.16. The Labute approximate surface area is 86.6 Å². The first kappa shape index (κ1) is 11.1. The van der Waals surface area contributed by atoms with Crippen molar-refractivity contribution in [3.63, 3.8) is 0 Å². The zero-order valence-corrected chi connectivity index (χ0v) is 8.76. The van der Waals surface area contributed by atoms with E-state index < -0.39 is 12.0 Å². The number of aryl methyl sites for hydroxylation is 1. The molecule has 1 rings (SSSR count). The molecular weight excluding hydrogens is 206 g/mol. The lowest BCUT2D eigenvalue weighted by molar-refractivity contribution is -0.138. The number of nitrogens with two attached hydrogens (primary N) is 1. The van der Waals surface area contributed by atoms with Crippen LogP contribution in [0.15, 0.2) is 4.42 Å². The second-order valence-corrected chi connectivity index (χ2v) is 3.55. The highest BCUT2D eigenvalue weighted by molar-refractivity contribution is 6.32. The van der Waals surface area contributed by atoms with Gasteiger partial charge in [0.2, 0.25) is 0 Å². The van der Waals surface area contributed by atoms with E-state index in [1.165, 1.54) is 0 Å². The van der Waals surface area contributed by atoms with Crippen molar-refractivity contribution in [2.75, 3.05) is 0 Å². The third-order valence-electron chi connectivity index (χ3n) is 2.06. The molecule has 0 bridgehead atoms. The van der Waals surface area contributed by atoms with Crippen molar-refractivity contribution in [1.29, 1.82) is 0 Å². The average Bonchev–Trinajstić information content (AvgIpc) is 2.33. The molecular formula is C9H12ClNO3. The van der Waals surface area contributed by atoms with Gasteiger partial charge < -0.3 is 15.3 Å². The molecule has 1 unspecified atom stereocenters. The van der Waals surface area contributed by atoms with Gasteiger partial charge in [0, 0.05) is 12.0 Å². The van der Waals surface area contributed by atoms with E-state index in [4.69, 9.17) is 26.9 Å². The van der Waals surface area contributed by atoms with Gasteiger partial charge in [-0.25, -0.2) is 0 Å². The molecule has 1 heterocycles. The molecule has 4 nitrogen and oxygen atoms in total. The van der Waals surface area contributed by atoms with Crippen LogP contribution in [0, 0.1) is 13.8 Å². The summed E-state index contributed by atoms with van der Waals surface area (Å²) < 4.78 is 5.29. The molecule has 0 aliphatic rings. The highest BCUT2D eigenvalue weighted by atomic mass is 35.5. The lowest BCUT2D eigenvalue weighted by Gasteiger charge is -2.03. The van der Waals surface area contributed by atoms with Gasteiger partial charge in [0.25, 0.3) is 0 Å². The van der Waals surface area contributed by atoms with E-state index in [2.05, 4.69) is 0 Å². The second-order valence-electron chi connectivity index (χ2n) is 3.17. The maximum absolute atomic E-state index is 10.5. The summed E-state index contributed by atoms with van der Waals surface area (Å²) in [4.78, 5) is 10.5. The van der Waals surface area contributed by atoms with Crippen molar-refractivity contribution < 1.29 is 14.3 Å². The topological polar surface area (TPSA) is 76.5 Å². The van der Waals surface area contributed by atoms with Crippen LogP contribution in [0.5, 0.6) is 0 Å².